The van der Waals surface area contributed by atoms with Gasteiger partial charge < -0.3 is 0 Å². The highest BCUT2D eigenvalue weighted by Crippen LogP contribution is 2.71. The van der Waals surface area contributed by atoms with Crippen molar-refractivity contribution in [3.05, 3.63) is 157 Å². The Labute approximate surface area is 293 Å². The lowest BCUT2D eigenvalue weighted by molar-refractivity contribution is -0.0397. The Morgan fingerprint density at radius 3 is 1.50 bits per heavy atom. The zero-order valence-corrected chi connectivity index (χ0v) is 28.2. The van der Waals surface area contributed by atoms with Gasteiger partial charge in [-0.25, -0.2) is 0 Å². The van der Waals surface area contributed by atoms with Gasteiger partial charge in [0.1, 0.15) is 0 Å². The molecular formula is C50H38. The maximum absolute atomic E-state index is 2.61. The quantitative estimate of drug-likeness (QED) is 0.165. The lowest BCUT2D eigenvalue weighted by atomic mass is 9.42. The molecule has 4 saturated carbocycles. The summed E-state index contributed by atoms with van der Waals surface area (Å²) in [7, 11) is 0. The van der Waals surface area contributed by atoms with Crippen LogP contribution in [0.5, 0.6) is 0 Å². The van der Waals surface area contributed by atoms with Crippen molar-refractivity contribution in [1.82, 2.24) is 0 Å². The van der Waals surface area contributed by atoms with Gasteiger partial charge in [0.15, 0.2) is 0 Å². The van der Waals surface area contributed by atoms with E-state index >= 15 is 0 Å². The lowest BCUT2D eigenvalue weighted by Crippen LogP contribution is -2.55. The van der Waals surface area contributed by atoms with E-state index < -0.39 is 0 Å². The first-order chi connectivity index (χ1) is 24.8. The highest BCUT2D eigenvalue weighted by molar-refractivity contribution is 6.25. The van der Waals surface area contributed by atoms with Crippen LogP contribution in [0.2, 0.25) is 0 Å². The third kappa shape index (κ3) is 3.42. The maximum atomic E-state index is 2.61. The lowest BCUT2D eigenvalue weighted by Gasteiger charge is -2.61. The Bertz CT molecular complexity index is 2640. The van der Waals surface area contributed by atoms with Crippen LogP contribution in [-0.2, 0) is 5.41 Å². The maximum Gasteiger partial charge on any atom is 0.0278 e. The van der Waals surface area contributed by atoms with Crippen molar-refractivity contribution in [3.63, 3.8) is 0 Å². The molecular weight excluding hydrogens is 601 g/mol. The van der Waals surface area contributed by atoms with E-state index in [1.807, 2.05) is 0 Å². The normalized spacial score (nSPS) is 24.5. The molecule has 0 saturated heterocycles. The van der Waals surface area contributed by atoms with Gasteiger partial charge in [-0.15, -0.1) is 0 Å². The Morgan fingerprint density at radius 1 is 0.360 bits per heavy atom. The summed E-state index contributed by atoms with van der Waals surface area (Å²) in [6.45, 7) is 0. The summed E-state index contributed by atoms with van der Waals surface area (Å²) in [5.74, 6) is 3.22. The van der Waals surface area contributed by atoms with E-state index in [2.05, 4.69) is 146 Å². The Hall–Kier alpha value is -5.20. The number of hydrogen-bond acceptors (Lipinski definition) is 0. The van der Waals surface area contributed by atoms with Crippen LogP contribution in [-0.4, -0.2) is 0 Å². The van der Waals surface area contributed by atoms with Gasteiger partial charge in [0.25, 0.3) is 0 Å². The highest BCUT2D eigenvalue weighted by atomic mass is 14.7. The van der Waals surface area contributed by atoms with Crippen molar-refractivity contribution in [2.75, 3.05) is 0 Å². The monoisotopic (exact) mass is 638 g/mol. The first kappa shape index (κ1) is 27.6. The summed E-state index contributed by atoms with van der Waals surface area (Å²) < 4.78 is 0. The Morgan fingerprint density at radius 2 is 0.840 bits per heavy atom. The Balaban J connectivity index is 1.27. The van der Waals surface area contributed by atoms with Gasteiger partial charge in [0.05, 0.1) is 0 Å². The van der Waals surface area contributed by atoms with Gasteiger partial charge in [-0.3, -0.25) is 0 Å². The molecule has 50 heavy (non-hydrogen) atoms. The molecule has 1 spiro atoms. The fourth-order valence-electron chi connectivity index (χ4n) is 12.4. The zero-order chi connectivity index (χ0) is 32.6. The fourth-order valence-corrected chi connectivity index (χ4v) is 12.4. The molecule has 5 aliphatic carbocycles. The second kappa shape index (κ2) is 9.95. The summed E-state index contributed by atoms with van der Waals surface area (Å²) in [5.41, 5.74) is 11.9. The molecule has 0 aromatic heterocycles. The molecule has 4 fully saturated rings. The summed E-state index contributed by atoms with van der Waals surface area (Å²) >= 11 is 0. The minimum Gasteiger partial charge on any atom is -0.0619 e. The zero-order valence-electron chi connectivity index (χ0n) is 28.2. The minimum atomic E-state index is 0.0647. The molecule has 0 radical (unpaired) electrons. The van der Waals surface area contributed by atoms with E-state index in [-0.39, 0.29) is 5.41 Å². The largest absolute Gasteiger partial charge is 0.0619 e. The van der Waals surface area contributed by atoms with E-state index in [1.165, 1.54) is 109 Å². The van der Waals surface area contributed by atoms with E-state index in [0.717, 1.165) is 11.8 Å². The van der Waals surface area contributed by atoms with Gasteiger partial charge in [-0.2, -0.15) is 0 Å². The second-order valence-corrected chi connectivity index (χ2v) is 16.0. The van der Waals surface area contributed by atoms with Gasteiger partial charge in [-0.1, -0.05) is 140 Å². The van der Waals surface area contributed by atoms with Crippen LogP contribution in [0.3, 0.4) is 0 Å². The molecule has 0 unspecified atom stereocenters. The van der Waals surface area contributed by atoms with Crippen molar-refractivity contribution in [2.24, 2.45) is 23.7 Å². The van der Waals surface area contributed by atoms with E-state index in [4.69, 9.17) is 0 Å². The molecule has 0 N–H and O–H groups in total. The molecule has 0 atom stereocenters. The molecule has 4 bridgehead atoms. The number of rotatable bonds is 2. The van der Waals surface area contributed by atoms with Crippen LogP contribution in [0.1, 0.15) is 43.2 Å². The van der Waals surface area contributed by atoms with Crippen LogP contribution in [0.15, 0.2) is 146 Å². The van der Waals surface area contributed by atoms with E-state index in [1.54, 1.807) is 11.1 Å². The molecule has 5 aliphatic rings. The average molecular weight is 639 g/mol. The predicted molar refractivity (Wildman–Crippen MR) is 211 cm³/mol. The van der Waals surface area contributed by atoms with Crippen molar-refractivity contribution in [1.29, 1.82) is 0 Å². The van der Waals surface area contributed by atoms with Crippen molar-refractivity contribution < 1.29 is 0 Å². The van der Waals surface area contributed by atoms with Gasteiger partial charge in [-0.05, 0) is 149 Å². The summed E-state index contributed by atoms with van der Waals surface area (Å²) in [6.07, 6.45) is 7.00. The van der Waals surface area contributed by atoms with E-state index in [0.29, 0.717) is 11.8 Å². The molecule has 13 rings (SSSR count). The molecule has 8 aromatic carbocycles. The number of fused-ring (bicyclic) bond motifs is 8. The highest BCUT2D eigenvalue weighted by Gasteiger charge is 2.62. The van der Waals surface area contributed by atoms with E-state index in [9.17, 15) is 0 Å². The second-order valence-electron chi connectivity index (χ2n) is 16.0. The average Bonchev–Trinajstić information content (AvgIpc) is 3.47. The van der Waals surface area contributed by atoms with Crippen LogP contribution < -0.4 is 0 Å². The van der Waals surface area contributed by atoms with Crippen LogP contribution in [0, 0.1) is 23.7 Å². The third-order valence-corrected chi connectivity index (χ3v) is 13.8. The van der Waals surface area contributed by atoms with Crippen LogP contribution in [0.4, 0.5) is 0 Å². The van der Waals surface area contributed by atoms with Gasteiger partial charge in [0, 0.05) is 5.41 Å². The smallest absolute Gasteiger partial charge is 0.0278 e. The molecule has 0 amide bonds. The number of benzene rings is 8. The van der Waals surface area contributed by atoms with Crippen molar-refractivity contribution in [2.45, 2.75) is 37.5 Å². The third-order valence-electron chi connectivity index (χ3n) is 13.8. The molecule has 0 nitrogen and oxygen atoms in total. The van der Waals surface area contributed by atoms with Gasteiger partial charge >= 0.3 is 0 Å². The number of hydrogen-bond donors (Lipinski definition) is 0. The first-order valence-electron chi connectivity index (χ1n) is 18.9. The topological polar surface area (TPSA) is 0 Å². The molecule has 0 heterocycles. The molecule has 0 aliphatic heterocycles. The summed E-state index contributed by atoms with van der Waals surface area (Å²) in [4.78, 5) is 0. The minimum absolute atomic E-state index is 0.0647. The standard InChI is InChI=1S/C50H38/c1-3-15-36-32(12-1)14-11-22-38(36)46-39-17-5-7-19-41(39)47(42-20-8-6-18-40(42)46)44-29-33-13-2-4-16-37(33)48-43-21-9-10-23-45(43)50(49(44)48)34-25-30-24-31(27-34)28-35(50)26-30/h1-23,29-31,34-35H,24-28H2. The summed E-state index contributed by atoms with van der Waals surface area (Å²) in [5, 5.41) is 10.8. The van der Waals surface area contributed by atoms with Crippen LogP contribution in [0.25, 0.3) is 76.5 Å². The van der Waals surface area contributed by atoms with Gasteiger partial charge in [0.2, 0.25) is 0 Å². The first-order valence-corrected chi connectivity index (χ1v) is 18.9. The molecule has 0 heteroatoms. The van der Waals surface area contributed by atoms with Crippen LogP contribution >= 0.6 is 0 Å². The fraction of sp³-hybridized carbons (Fsp3) is 0.200. The summed E-state index contributed by atoms with van der Waals surface area (Å²) in [6, 6.07) is 55.8. The van der Waals surface area contributed by atoms with Crippen molar-refractivity contribution >= 4 is 43.1 Å². The van der Waals surface area contributed by atoms with Crippen molar-refractivity contribution in [3.8, 4) is 33.4 Å². The Kier molecular flexibility index (Phi) is 5.49. The predicted octanol–water partition coefficient (Wildman–Crippen LogP) is 13.4. The molecule has 238 valence electrons. The SMILES string of the molecule is c1ccc2c(c1)-c1c(c(-c3c4ccccc4c(-c4cccc5ccccc45)c4ccccc34)cc3ccccc13)C21C2CC3CC(C2)CC1C3. The molecule has 8 aromatic rings.